The van der Waals surface area contributed by atoms with Crippen molar-refractivity contribution >= 4 is 17.5 Å². The predicted octanol–water partition coefficient (Wildman–Crippen LogP) is 3.86. The van der Waals surface area contributed by atoms with E-state index in [9.17, 15) is 4.39 Å². The summed E-state index contributed by atoms with van der Waals surface area (Å²) in [5.74, 6) is 1.19. The fourth-order valence-electron chi connectivity index (χ4n) is 3.44. The van der Waals surface area contributed by atoms with Crippen molar-refractivity contribution < 1.29 is 4.39 Å². The van der Waals surface area contributed by atoms with E-state index in [-0.39, 0.29) is 5.82 Å². The van der Waals surface area contributed by atoms with Crippen molar-refractivity contribution in [3.05, 3.63) is 77.7 Å². The third-order valence-electron chi connectivity index (χ3n) is 5.01. The van der Waals surface area contributed by atoms with E-state index in [1.165, 1.54) is 17.3 Å². The van der Waals surface area contributed by atoms with Gasteiger partial charge in [-0.3, -0.25) is 0 Å². The first kappa shape index (κ1) is 18.2. The van der Waals surface area contributed by atoms with Crippen LogP contribution in [0.3, 0.4) is 0 Å². The van der Waals surface area contributed by atoms with E-state index in [0.717, 1.165) is 32.0 Å². The van der Waals surface area contributed by atoms with Gasteiger partial charge in [0, 0.05) is 50.2 Å². The third-order valence-corrected chi connectivity index (χ3v) is 5.01. The summed E-state index contributed by atoms with van der Waals surface area (Å²) in [5, 5.41) is 3.12. The summed E-state index contributed by atoms with van der Waals surface area (Å²) >= 11 is 0. The molecular formula is C22H24FN5. The van der Waals surface area contributed by atoms with E-state index in [4.69, 9.17) is 0 Å². The topological polar surface area (TPSA) is 44.3 Å². The second-order valence-electron chi connectivity index (χ2n) is 7.00. The highest BCUT2D eigenvalue weighted by molar-refractivity contribution is 5.51. The molecule has 0 amide bonds. The number of halogens is 1. The molecule has 144 valence electrons. The van der Waals surface area contributed by atoms with Crippen LogP contribution in [0.15, 0.2) is 60.8 Å². The zero-order chi connectivity index (χ0) is 19.3. The number of anilines is 3. The number of rotatable bonds is 5. The van der Waals surface area contributed by atoms with Crippen molar-refractivity contribution in [1.29, 1.82) is 0 Å². The van der Waals surface area contributed by atoms with Gasteiger partial charge < -0.3 is 15.1 Å². The summed E-state index contributed by atoms with van der Waals surface area (Å²) in [6.45, 7) is 6.18. The van der Waals surface area contributed by atoms with Gasteiger partial charge in [0.05, 0.1) is 0 Å². The lowest BCUT2D eigenvalue weighted by Crippen LogP contribution is -2.46. The molecule has 0 atom stereocenters. The highest BCUT2D eigenvalue weighted by Crippen LogP contribution is 2.21. The number of benzene rings is 2. The Labute approximate surface area is 164 Å². The summed E-state index contributed by atoms with van der Waals surface area (Å²) < 4.78 is 13.8. The Bertz CT molecular complexity index is 937. The number of hydrogen-bond acceptors (Lipinski definition) is 5. The molecule has 1 N–H and O–H groups in total. The van der Waals surface area contributed by atoms with Gasteiger partial charge in [-0.2, -0.15) is 4.98 Å². The van der Waals surface area contributed by atoms with E-state index >= 15 is 0 Å². The smallest absolute Gasteiger partial charge is 0.224 e. The van der Waals surface area contributed by atoms with Crippen LogP contribution in [-0.2, 0) is 6.54 Å². The van der Waals surface area contributed by atoms with Gasteiger partial charge in [-0.15, -0.1) is 0 Å². The summed E-state index contributed by atoms with van der Waals surface area (Å²) in [7, 11) is 0. The van der Waals surface area contributed by atoms with Gasteiger partial charge in [-0.05, 0) is 36.8 Å². The SMILES string of the molecule is Cc1cccc(N2CCN(c3ccnc(NCc4ccccc4F)n3)CC2)c1. The van der Waals surface area contributed by atoms with Gasteiger partial charge in [0.15, 0.2) is 0 Å². The van der Waals surface area contributed by atoms with Crippen LogP contribution in [0.25, 0.3) is 0 Å². The maximum absolute atomic E-state index is 13.8. The lowest BCUT2D eigenvalue weighted by molar-refractivity contribution is 0.612. The minimum absolute atomic E-state index is 0.224. The fraction of sp³-hybridized carbons (Fsp3) is 0.273. The minimum atomic E-state index is -0.224. The van der Waals surface area contributed by atoms with E-state index in [1.807, 2.05) is 12.1 Å². The van der Waals surface area contributed by atoms with Gasteiger partial charge in [0.1, 0.15) is 11.6 Å². The zero-order valence-electron chi connectivity index (χ0n) is 16.0. The number of hydrogen-bond donors (Lipinski definition) is 1. The molecule has 28 heavy (non-hydrogen) atoms. The average molecular weight is 377 g/mol. The van der Waals surface area contributed by atoms with E-state index < -0.39 is 0 Å². The van der Waals surface area contributed by atoms with Gasteiger partial charge in [0.2, 0.25) is 5.95 Å². The molecule has 2 aromatic carbocycles. The van der Waals surface area contributed by atoms with Crippen molar-refractivity contribution in [3.8, 4) is 0 Å². The van der Waals surface area contributed by atoms with E-state index in [1.54, 1.807) is 18.3 Å². The maximum Gasteiger partial charge on any atom is 0.224 e. The molecule has 0 saturated carbocycles. The van der Waals surface area contributed by atoms with Gasteiger partial charge in [-0.1, -0.05) is 30.3 Å². The maximum atomic E-state index is 13.8. The number of piperazine rings is 1. The quantitative estimate of drug-likeness (QED) is 0.731. The molecule has 4 rings (SSSR count). The number of nitrogens with zero attached hydrogens (tertiary/aromatic N) is 4. The van der Waals surface area contributed by atoms with Crippen molar-refractivity contribution in [3.63, 3.8) is 0 Å². The highest BCUT2D eigenvalue weighted by atomic mass is 19.1. The Morgan fingerprint density at radius 2 is 1.75 bits per heavy atom. The molecule has 1 aliphatic heterocycles. The van der Waals surface area contributed by atoms with Crippen LogP contribution in [0.4, 0.5) is 21.8 Å². The van der Waals surface area contributed by atoms with Crippen molar-refractivity contribution in [2.24, 2.45) is 0 Å². The van der Waals surface area contributed by atoms with Gasteiger partial charge in [-0.25, -0.2) is 9.37 Å². The van der Waals surface area contributed by atoms with Crippen LogP contribution >= 0.6 is 0 Å². The summed E-state index contributed by atoms with van der Waals surface area (Å²) in [6, 6.07) is 17.3. The van der Waals surface area contributed by atoms with E-state index in [2.05, 4.69) is 56.3 Å². The largest absolute Gasteiger partial charge is 0.368 e. The number of aromatic nitrogens is 2. The molecule has 0 spiro atoms. The fourth-order valence-corrected chi connectivity index (χ4v) is 3.44. The molecule has 1 fully saturated rings. The first-order valence-electron chi connectivity index (χ1n) is 9.56. The molecule has 0 aliphatic carbocycles. The Morgan fingerprint density at radius 3 is 2.54 bits per heavy atom. The first-order chi connectivity index (χ1) is 13.7. The van der Waals surface area contributed by atoms with E-state index in [0.29, 0.717) is 18.1 Å². The van der Waals surface area contributed by atoms with Crippen molar-refractivity contribution in [2.75, 3.05) is 41.3 Å². The van der Waals surface area contributed by atoms with Crippen molar-refractivity contribution in [1.82, 2.24) is 9.97 Å². The molecule has 1 aromatic heterocycles. The standard InChI is InChI=1S/C22H24FN5/c1-17-5-4-7-19(15-17)27-11-13-28(14-12-27)21-9-10-24-22(26-21)25-16-18-6-2-3-8-20(18)23/h2-10,15H,11-14,16H2,1H3,(H,24,25,26). The highest BCUT2D eigenvalue weighted by Gasteiger charge is 2.19. The lowest BCUT2D eigenvalue weighted by Gasteiger charge is -2.36. The first-order valence-corrected chi connectivity index (χ1v) is 9.56. The average Bonchev–Trinajstić information content (AvgIpc) is 2.73. The number of nitrogens with one attached hydrogen (secondary N) is 1. The Balaban J connectivity index is 1.38. The second-order valence-corrected chi connectivity index (χ2v) is 7.00. The summed E-state index contributed by atoms with van der Waals surface area (Å²) in [6.07, 6.45) is 1.75. The molecule has 3 aromatic rings. The summed E-state index contributed by atoms with van der Waals surface area (Å²) in [5.41, 5.74) is 3.15. The second kappa shape index (κ2) is 8.25. The molecular weight excluding hydrogens is 353 g/mol. The zero-order valence-corrected chi connectivity index (χ0v) is 16.0. The van der Waals surface area contributed by atoms with Gasteiger partial charge >= 0.3 is 0 Å². The molecule has 0 radical (unpaired) electrons. The normalized spacial score (nSPS) is 14.2. The van der Waals surface area contributed by atoms with Crippen LogP contribution in [0, 0.1) is 12.7 Å². The Morgan fingerprint density at radius 1 is 0.964 bits per heavy atom. The summed E-state index contributed by atoms with van der Waals surface area (Å²) in [4.78, 5) is 13.6. The molecule has 1 aliphatic rings. The molecule has 1 saturated heterocycles. The molecule has 2 heterocycles. The van der Waals surface area contributed by atoms with Crippen LogP contribution < -0.4 is 15.1 Å². The third kappa shape index (κ3) is 4.22. The lowest BCUT2D eigenvalue weighted by atomic mass is 10.2. The predicted molar refractivity (Wildman–Crippen MR) is 111 cm³/mol. The number of aryl methyl sites for hydroxylation is 1. The molecule has 0 bridgehead atoms. The monoisotopic (exact) mass is 377 g/mol. The van der Waals surface area contributed by atoms with Crippen LogP contribution in [0.2, 0.25) is 0 Å². The molecule has 0 unspecified atom stereocenters. The molecule has 5 nitrogen and oxygen atoms in total. The van der Waals surface area contributed by atoms with Crippen LogP contribution in [0.5, 0.6) is 0 Å². The molecule has 6 heteroatoms. The van der Waals surface area contributed by atoms with Crippen LogP contribution in [-0.4, -0.2) is 36.1 Å². The van der Waals surface area contributed by atoms with Crippen LogP contribution in [0.1, 0.15) is 11.1 Å². The van der Waals surface area contributed by atoms with Crippen molar-refractivity contribution in [2.45, 2.75) is 13.5 Å². The minimum Gasteiger partial charge on any atom is -0.368 e. The van der Waals surface area contributed by atoms with Gasteiger partial charge in [0.25, 0.3) is 0 Å². The Hall–Kier alpha value is -3.15. The Kier molecular flexibility index (Phi) is 5.37.